The van der Waals surface area contributed by atoms with E-state index in [0.717, 1.165) is 15.7 Å². The highest BCUT2D eigenvalue weighted by atomic mass is 79.9. The third-order valence-electron chi connectivity index (χ3n) is 2.50. The van der Waals surface area contributed by atoms with Gasteiger partial charge in [0.1, 0.15) is 6.54 Å². The zero-order valence-electron chi connectivity index (χ0n) is 10.4. The van der Waals surface area contributed by atoms with Crippen molar-refractivity contribution in [1.29, 1.82) is 0 Å². The number of amides is 1. The van der Waals surface area contributed by atoms with Crippen molar-refractivity contribution in [3.8, 4) is 0 Å². The first-order chi connectivity index (χ1) is 9.08. The van der Waals surface area contributed by atoms with Gasteiger partial charge < -0.3 is 11.1 Å². The quantitative estimate of drug-likeness (QED) is 0.891. The van der Waals surface area contributed by atoms with Crippen molar-refractivity contribution in [2.75, 3.05) is 5.32 Å². The molecule has 0 saturated carbocycles. The van der Waals surface area contributed by atoms with Gasteiger partial charge in [0.05, 0.1) is 17.6 Å². The maximum Gasteiger partial charge on any atom is 0.246 e. The van der Waals surface area contributed by atoms with E-state index in [4.69, 9.17) is 5.73 Å². The fraction of sp³-hybridized carbons (Fsp3) is 0.250. The Hall–Kier alpha value is -1.73. The van der Waals surface area contributed by atoms with Gasteiger partial charge in [-0.15, -0.1) is 5.10 Å². The van der Waals surface area contributed by atoms with Gasteiger partial charge in [-0.25, -0.2) is 4.68 Å². The molecule has 0 radical (unpaired) electrons. The van der Waals surface area contributed by atoms with Gasteiger partial charge in [0.2, 0.25) is 5.91 Å². The van der Waals surface area contributed by atoms with Crippen molar-refractivity contribution in [3.05, 3.63) is 40.1 Å². The second-order valence-corrected chi connectivity index (χ2v) is 5.00. The van der Waals surface area contributed by atoms with E-state index in [2.05, 4.69) is 31.6 Å². The van der Waals surface area contributed by atoms with Gasteiger partial charge in [-0.1, -0.05) is 11.3 Å². The molecule has 0 spiro atoms. The summed E-state index contributed by atoms with van der Waals surface area (Å²) in [6, 6.07) is 5.73. The Morgan fingerprint density at radius 1 is 1.53 bits per heavy atom. The molecule has 0 unspecified atom stereocenters. The van der Waals surface area contributed by atoms with Crippen molar-refractivity contribution >= 4 is 27.5 Å². The second kappa shape index (κ2) is 5.94. The Bertz CT molecular complexity index is 596. The zero-order valence-corrected chi connectivity index (χ0v) is 12.0. The topological polar surface area (TPSA) is 85.8 Å². The average Bonchev–Trinajstić information content (AvgIpc) is 2.80. The number of nitrogens with zero attached hydrogens (tertiary/aromatic N) is 3. The number of rotatable bonds is 4. The van der Waals surface area contributed by atoms with E-state index in [-0.39, 0.29) is 12.5 Å². The summed E-state index contributed by atoms with van der Waals surface area (Å²) in [6.07, 6.45) is 1.66. The Kier molecular flexibility index (Phi) is 4.28. The third kappa shape index (κ3) is 3.62. The van der Waals surface area contributed by atoms with E-state index in [1.165, 1.54) is 4.68 Å². The minimum atomic E-state index is -0.168. The summed E-state index contributed by atoms with van der Waals surface area (Å²) in [4.78, 5) is 11.9. The first-order valence-corrected chi connectivity index (χ1v) is 6.53. The van der Waals surface area contributed by atoms with Gasteiger partial charge in [0.15, 0.2) is 0 Å². The van der Waals surface area contributed by atoms with Crippen LogP contribution >= 0.6 is 15.9 Å². The first kappa shape index (κ1) is 13.7. The molecule has 3 N–H and O–H groups in total. The number of halogens is 1. The number of hydrogen-bond acceptors (Lipinski definition) is 4. The second-order valence-electron chi connectivity index (χ2n) is 4.14. The van der Waals surface area contributed by atoms with Gasteiger partial charge in [-0.3, -0.25) is 4.79 Å². The summed E-state index contributed by atoms with van der Waals surface area (Å²) in [5.41, 5.74) is 7.94. The lowest BCUT2D eigenvalue weighted by Crippen LogP contribution is -2.19. The van der Waals surface area contributed by atoms with Crippen LogP contribution in [0.25, 0.3) is 0 Å². The molecule has 7 heteroatoms. The zero-order chi connectivity index (χ0) is 13.8. The molecule has 0 aliphatic carbocycles. The van der Waals surface area contributed by atoms with E-state index < -0.39 is 0 Å². The molecular formula is C12H14BrN5O. The molecule has 0 aliphatic rings. The molecule has 1 aromatic heterocycles. The van der Waals surface area contributed by atoms with Crippen molar-refractivity contribution in [2.45, 2.75) is 20.0 Å². The number of nitrogens with one attached hydrogen (secondary N) is 1. The highest BCUT2D eigenvalue weighted by molar-refractivity contribution is 9.10. The summed E-state index contributed by atoms with van der Waals surface area (Å²) in [6.45, 7) is 2.40. The van der Waals surface area contributed by atoms with Crippen molar-refractivity contribution in [1.82, 2.24) is 15.0 Å². The number of carbonyl (C=O) groups excluding carboxylic acids is 1. The predicted octanol–water partition coefficient (Wildman–Crippen LogP) is 1.45. The lowest BCUT2D eigenvalue weighted by atomic mass is 10.2. The van der Waals surface area contributed by atoms with Gasteiger partial charge in [0.25, 0.3) is 0 Å². The van der Waals surface area contributed by atoms with Gasteiger partial charge in [0, 0.05) is 11.0 Å². The van der Waals surface area contributed by atoms with Crippen LogP contribution in [0.4, 0.5) is 5.69 Å². The van der Waals surface area contributed by atoms with Crippen molar-refractivity contribution in [2.24, 2.45) is 5.73 Å². The smallest absolute Gasteiger partial charge is 0.246 e. The van der Waals surface area contributed by atoms with E-state index in [1.54, 1.807) is 6.20 Å². The van der Waals surface area contributed by atoms with Crippen LogP contribution in [0.2, 0.25) is 0 Å². The molecule has 6 nitrogen and oxygen atoms in total. The average molecular weight is 324 g/mol. The van der Waals surface area contributed by atoms with E-state index in [1.807, 2.05) is 25.1 Å². The number of aromatic nitrogens is 3. The molecule has 1 amide bonds. The van der Waals surface area contributed by atoms with Gasteiger partial charge in [-0.2, -0.15) is 0 Å². The lowest BCUT2D eigenvalue weighted by Gasteiger charge is -2.07. The maximum absolute atomic E-state index is 11.9. The molecule has 0 atom stereocenters. The minimum absolute atomic E-state index is 0.104. The summed E-state index contributed by atoms with van der Waals surface area (Å²) in [5.74, 6) is -0.168. The molecule has 0 saturated heterocycles. The highest BCUT2D eigenvalue weighted by Gasteiger charge is 2.08. The van der Waals surface area contributed by atoms with Crippen molar-refractivity contribution < 1.29 is 4.79 Å². The van der Waals surface area contributed by atoms with Crippen LogP contribution in [-0.2, 0) is 17.9 Å². The number of hydrogen-bond donors (Lipinski definition) is 2. The molecule has 2 aromatic rings. The van der Waals surface area contributed by atoms with Crippen molar-refractivity contribution in [3.63, 3.8) is 0 Å². The molecule has 0 fully saturated rings. The number of anilines is 1. The van der Waals surface area contributed by atoms with Crippen LogP contribution in [-0.4, -0.2) is 20.9 Å². The summed E-state index contributed by atoms with van der Waals surface area (Å²) >= 11 is 3.41. The summed E-state index contributed by atoms with van der Waals surface area (Å²) in [5, 5.41) is 10.4. The number of benzene rings is 1. The van der Waals surface area contributed by atoms with E-state index in [9.17, 15) is 4.79 Å². The van der Waals surface area contributed by atoms with Gasteiger partial charge >= 0.3 is 0 Å². The summed E-state index contributed by atoms with van der Waals surface area (Å²) in [7, 11) is 0. The Morgan fingerprint density at radius 2 is 2.32 bits per heavy atom. The molecule has 0 bridgehead atoms. The molecule has 1 heterocycles. The number of carbonyl (C=O) groups is 1. The molecular weight excluding hydrogens is 310 g/mol. The Labute approximate surface area is 119 Å². The minimum Gasteiger partial charge on any atom is -0.325 e. The molecule has 100 valence electrons. The Morgan fingerprint density at radius 3 is 2.95 bits per heavy atom. The molecule has 19 heavy (non-hydrogen) atoms. The summed E-state index contributed by atoms with van der Waals surface area (Å²) < 4.78 is 2.31. The largest absolute Gasteiger partial charge is 0.325 e. The SMILES string of the molecule is Cc1ccc(NC(=O)Cn2cc(CN)nn2)c(Br)c1. The number of aryl methyl sites for hydroxylation is 1. The first-order valence-electron chi connectivity index (χ1n) is 5.73. The van der Waals surface area contributed by atoms with Crippen LogP contribution in [0.5, 0.6) is 0 Å². The fourth-order valence-corrected chi connectivity index (χ4v) is 2.16. The van der Waals surface area contributed by atoms with Crippen LogP contribution in [0, 0.1) is 6.92 Å². The highest BCUT2D eigenvalue weighted by Crippen LogP contribution is 2.23. The van der Waals surface area contributed by atoms with Crippen LogP contribution in [0.15, 0.2) is 28.9 Å². The third-order valence-corrected chi connectivity index (χ3v) is 3.16. The predicted molar refractivity (Wildman–Crippen MR) is 75.4 cm³/mol. The monoisotopic (exact) mass is 323 g/mol. The maximum atomic E-state index is 11.9. The number of nitrogens with two attached hydrogens (primary N) is 1. The standard InChI is InChI=1S/C12H14BrN5O/c1-8-2-3-11(10(13)4-8)15-12(19)7-18-6-9(5-14)16-17-18/h2-4,6H,5,7,14H2,1H3,(H,15,19). The molecule has 2 rings (SSSR count). The van der Waals surface area contributed by atoms with Crippen LogP contribution < -0.4 is 11.1 Å². The van der Waals surface area contributed by atoms with E-state index >= 15 is 0 Å². The fourth-order valence-electron chi connectivity index (χ4n) is 1.57. The normalized spacial score (nSPS) is 10.5. The lowest BCUT2D eigenvalue weighted by molar-refractivity contribution is -0.116. The van der Waals surface area contributed by atoms with Crippen LogP contribution in [0.3, 0.4) is 0 Å². The molecule has 0 aliphatic heterocycles. The van der Waals surface area contributed by atoms with Gasteiger partial charge in [-0.05, 0) is 40.5 Å². The van der Waals surface area contributed by atoms with E-state index in [0.29, 0.717) is 12.2 Å². The molecule has 1 aromatic carbocycles. The van der Waals surface area contributed by atoms with Crippen LogP contribution in [0.1, 0.15) is 11.3 Å². The Balaban J connectivity index is 2.01.